The largest absolute Gasteiger partial charge is 0.416 e. The number of halogens is 3. The van der Waals surface area contributed by atoms with E-state index in [1.54, 1.807) is 12.3 Å². The third-order valence-electron chi connectivity index (χ3n) is 5.20. The summed E-state index contributed by atoms with van der Waals surface area (Å²) in [6.45, 7) is 1.91. The van der Waals surface area contributed by atoms with Gasteiger partial charge >= 0.3 is 6.18 Å². The molecule has 3 aromatic carbocycles. The molecule has 1 aromatic heterocycles. The molecule has 4 aromatic rings. The zero-order valence-corrected chi connectivity index (χ0v) is 17.8. The van der Waals surface area contributed by atoms with Gasteiger partial charge in [0.05, 0.1) is 16.0 Å². The summed E-state index contributed by atoms with van der Waals surface area (Å²) in [4.78, 5) is 4.34. The number of aromatic nitrogens is 1. The van der Waals surface area contributed by atoms with Crippen LogP contribution in [0.4, 0.5) is 13.2 Å². The van der Waals surface area contributed by atoms with Gasteiger partial charge in [-0.25, -0.2) is 13.1 Å². The molecule has 32 heavy (non-hydrogen) atoms. The predicted octanol–water partition coefficient (Wildman–Crippen LogP) is 5.71. The van der Waals surface area contributed by atoms with Crippen molar-refractivity contribution >= 4 is 20.9 Å². The maximum Gasteiger partial charge on any atom is 0.416 e. The van der Waals surface area contributed by atoms with E-state index in [1.165, 1.54) is 0 Å². The minimum atomic E-state index is -4.53. The highest BCUT2D eigenvalue weighted by Crippen LogP contribution is 2.30. The van der Waals surface area contributed by atoms with Crippen LogP contribution in [0.5, 0.6) is 0 Å². The third-order valence-corrected chi connectivity index (χ3v) is 6.62. The van der Waals surface area contributed by atoms with Crippen LogP contribution < -0.4 is 4.72 Å². The SMILES string of the molecule is Cc1ccc(CNS(=O)(=O)c2ccc(C(F)(F)F)cc2)c2ncc(-c3ccccc3)cc12. The Kier molecular flexibility index (Phi) is 5.75. The van der Waals surface area contributed by atoms with Gasteiger partial charge in [0.1, 0.15) is 0 Å². The van der Waals surface area contributed by atoms with Crippen LogP contribution in [0.25, 0.3) is 22.0 Å². The number of hydrogen-bond acceptors (Lipinski definition) is 3. The van der Waals surface area contributed by atoms with Crippen molar-refractivity contribution in [2.24, 2.45) is 0 Å². The van der Waals surface area contributed by atoms with Crippen LogP contribution in [0.2, 0.25) is 0 Å². The van der Waals surface area contributed by atoms with Crippen LogP contribution in [-0.2, 0) is 22.7 Å². The van der Waals surface area contributed by atoms with Crippen molar-refractivity contribution < 1.29 is 21.6 Å². The van der Waals surface area contributed by atoms with Crippen LogP contribution in [0.15, 0.2) is 83.9 Å². The number of benzene rings is 3. The molecule has 0 fully saturated rings. The van der Waals surface area contributed by atoms with E-state index < -0.39 is 21.8 Å². The lowest BCUT2D eigenvalue weighted by molar-refractivity contribution is -0.137. The molecular weight excluding hydrogens is 437 g/mol. The van der Waals surface area contributed by atoms with Crippen LogP contribution in [0, 0.1) is 6.92 Å². The molecule has 0 unspecified atom stereocenters. The Labute approximate surface area is 183 Å². The normalized spacial score (nSPS) is 12.2. The predicted molar refractivity (Wildman–Crippen MR) is 117 cm³/mol. The van der Waals surface area contributed by atoms with E-state index in [9.17, 15) is 21.6 Å². The van der Waals surface area contributed by atoms with Crippen LogP contribution in [0.3, 0.4) is 0 Å². The second-order valence-corrected chi connectivity index (χ2v) is 9.14. The first-order valence-corrected chi connectivity index (χ1v) is 11.2. The van der Waals surface area contributed by atoms with Gasteiger partial charge in [-0.1, -0.05) is 42.5 Å². The molecule has 0 aliphatic heterocycles. The van der Waals surface area contributed by atoms with Crippen molar-refractivity contribution in [1.82, 2.24) is 9.71 Å². The topological polar surface area (TPSA) is 59.1 Å². The van der Waals surface area contributed by atoms with Crippen molar-refractivity contribution in [3.63, 3.8) is 0 Å². The molecule has 0 aliphatic rings. The minimum absolute atomic E-state index is 0.0438. The third kappa shape index (κ3) is 4.51. The van der Waals surface area contributed by atoms with Crippen molar-refractivity contribution in [3.8, 4) is 11.1 Å². The van der Waals surface area contributed by atoms with Gasteiger partial charge in [0.15, 0.2) is 0 Å². The maximum absolute atomic E-state index is 12.7. The second kappa shape index (κ2) is 8.37. The van der Waals surface area contributed by atoms with E-state index in [4.69, 9.17) is 0 Å². The smallest absolute Gasteiger partial charge is 0.255 e. The van der Waals surface area contributed by atoms with Crippen LogP contribution >= 0.6 is 0 Å². The fraction of sp³-hybridized carbons (Fsp3) is 0.125. The Morgan fingerprint density at radius 3 is 2.25 bits per heavy atom. The number of alkyl halides is 3. The lowest BCUT2D eigenvalue weighted by atomic mass is 10.0. The lowest BCUT2D eigenvalue weighted by Gasteiger charge is -2.12. The Hall–Kier alpha value is -3.23. The molecule has 1 N–H and O–H groups in total. The first-order valence-electron chi connectivity index (χ1n) is 9.76. The van der Waals surface area contributed by atoms with Gasteiger partial charge in [-0.2, -0.15) is 13.2 Å². The molecule has 164 valence electrons. The number of hydrogen-bond donors (Lipinski definition) is 1. The van der Waals surface area contributed by atoms with Crippen LogP contribution in [-0.4, -0.2) is 13.4 Å². The van der Waals surface area contributed by atoms with Gasteiger partial charge in [-0.3, -0.25) is 4.98 Å². The summed E-state index contributed by atoms with van der Waals surface area (Å²) in [5, 5.41) is 0.901. The Bertz CT molecular complexity index is 1370. The Balaban J connectivity index is 1.61. The molecule has 4 rings (SSSR count). The molecule has 4 nitrogen and oxygen atoms in total. The van der Waals surface area contributed by atoms with Crippen molar-refractivity contribution in [3.05, 3.63) is 95.7 Å². The molecule has 1 heterocycles. The molecular formula is C24H19F3N2O2S. The fourth-order valence-electron chi connectivity index (χ4n) is 3.43. The van der Waals surface area contributed by atoms with E-state index >= 15 is 0 Å². The summed E-state index contributed by atoms with van der Waals surface area (Å²) in [5.74, 6) is 0. The van der Waals surface area contributed by atoms with Gasteiger partial charge in [-0.15, -0.1) is 0 Å². The molecule has 0 radical (unpaired) electrons. The van der Waals surface area contributed by atoms with Gasteiger partial charge in [0.2, 0.25) is 10.0 Å². The zero-order valence-electron chi connectivity index (χ0n) is 17.0. The first-order chi connectivity index (χ1) is 15.1. The molecule has 0 atom stereocenters. The quantitative estimate of drug-likeness (QED) is 0.419. The highest BCUT2D eigenvalue weighted by atomic mass is 32.2. The van der Waals surface area contributed by atoms with Crippen LogP contribution in [0.1, 0.15) is 16.7 Å². The van der Waals surface area contributed by atoms with Crippen molar-refractivity contribution in [2.45, 2.75) is 24.5 Å². The van der Waals surface area contributed by atoms with E-state index in [0.717, 1.165) is 46.3 Å². The minimum Gasteiger partial charge on any atom is -0.255 e. The van der Waals surface area contributed by atoms with E-state index in [1.807, 2.05) is 49.4 Å². The molecule has 0 saturated heterocycles. The number of nitrogens with one attached hydrogen (secondary N) is 1. The van der Waals surface area contributed by atoms with E-state index in [2.05, 4.69) is 9.71 Å². The maximum atomic E-state index is 12.7. The molecule has 0 amide bonds. The number of rotatable bonds is 5. The second-order valence-electron chi connectivity index (χ2n) is 7.37. The highest BCUT2D eigenvalue weighted by molar-refractivity contribution is 7.89. The molecule has 0 bridgehead atoms. The molecule has 0 aliphatic carbocycles. The average molecular weight is 456 g/mol. The number of nitrogens with zero attached hydrogens (tertiary/aromatic N) is 1. The summed E-state index contributed by atoms with van der Waals surface area (Å²) in [6.07, 6.45) is -2.79. The highest BCUT2D eigenvalue weighted by Gasteiger charge is 2.30. The summed E-state index contributed by atoms with van der Waals surface area (Å²) < 4.78 is 65.8. The summed E-state index contributed by atoms with van der Waals surface area (Å²) in [6, 6.07) is 18.9. The van der Waals surface area contributed by atoms with Gasteiger partial charge < -0.3 is 0 Å². The monoisotopic (exact) mass is 456 g/mol. The fourth-order valence-corrected chi connectivity index (χ4v) is 4.43. The summed E-state index contributed by atoms with van der Waals surface area (Å²) in [5.41, 5.74) is 3.40. The average Bonchev–Trinajstić information content (AvgIpc) is 2.79. The molecule has 0 spiro atoms. The van der Waals surface area contributed by atoms with Gasteiger partial charge in [0, 0.05) is 23.7 Å². The van der Waals surface area contributed by atoms with Gasteiger partial charge in [0.25, 0.3) is 0 Å². The molecule has 8 heteroatoms. The van der Waals surface area contributed by atoms with E-state index in [0.29, 0.717) is 11.1 Å². The summed E-state index contributed by atoms with van der Waals surface area (Å²) in [7, 11) is -4.00. The van der Waals surface area contributed by atoms with E-state index in [-0.39, 0.29) is 11.4 Å². The Morgan fingerprint density at radius 2 is 1.59 bits per heavy atom. The first kappa shape index (κ1) is 22.0. The Morgan fingerprint density at radius 1 is 0.906 bits per heavy atom. The summed E-state index contributed by atoms with van der Waals surface area (Å²) >= 11 is 0. The number of sulfonamides is 1. The number of fused-ring (bicyclic) bond motifs is 1. The van der Waals surface area contributed by atoms with Crippen molar-refractivity contribution in [1.29, 1.82) is 0 Å². The standard InChI is InChI=1S/C24H19F3N2O2S/c1-16-7-8-18(23-22(16)13-19(14-28-23)17-5-3-2-4-6-17)15-29-32(30,31)21-11-9-20(10-12-21)24(25,26)27/h2-14,29H,15H2,1H3. The lowest BCUT2D eigenvalue weighted by Crippen LogP contribution is -2.23. The zero-order chi connectivity index (χ0) is 22.9. The number of aryl methyl sites for hydroxylation is 1. The number of pyridine rings is 1. The van der Waals surface area contributed by atoms with Gasteiger partial charge in [-0.05, 0) is 53.9 Å². The van der Waals surface area contributed by atoms with Crippen molar-refractivity contribution in [2.75, 3.05) is 0 Å². The molecule has 0 saturated carbocycles.